The van der Waals surface area contributed by atoms with Crippen molar-refractivity contribution in [2.24, 2.45) is 5.92 Å². The third-order valence-corrected chi connectivity index (χ3v) is 3.66. The molecule has 2 atom stereocenters. The van der Waals surface area contributed by atoms with Crippen molar-refractivity contribution in [3.05, 3.63) is 0 Å². The zero-order valence-electron chi connectivity index (χ0n) is 11.5. The molecule has 0 aromatic heterocycles. The van der Waals surface area contributed by atoms with Gasteiger partial charge in [-0.3, -0.25) is 4.90 Å². The average molecular weight is 227 g/mol. The highest BCUT2D eigenvalue weighted by molar-refractivity contribution is 4.89. The van der Waals surface area contributed by atoms with Crippen molar-refractivity contribution in [2.75, 3.05) is 47.3 Å². The highest BCUT2D eigenvalue weighted by Crippen LogP contribution is 2.31. The first-order chi connectivity index (χ1) is 7.69. The smallest absolute Gasteiger partial charge is 0.0136 e. The van der Waals surface area contributed by atoms with Gasteiger partial charge in [0, 0.05) is 19.1 Å². The lowest BCUT2D eigenvalue weighted by Crippen LogP contribution is -2.52. The molecule has 1 N–H and O–H groups in total. The van der Waals surface area contributed by atoms with Crippen molar-refractivity contribution in [2.45, 2.75) is 32.2 Å². The first-order valence-corrected chi connectivity index (χ1v) is 6.72. The van der Waals surface area contributed by atoms with E-state index < -0.39 is 0 Å². The third kappa shape index (κ3) is 4.04. The lowest BCUT2D eigenvalue weighted by atomic mass is 9.78. The van der Waals surface area contributed by atoms with Crippen molar-refractivity contribution < 1.29 is 0 Å². The first kappa shape index (κ1) is 13.9. The minimum atomic E-state index is 0.840. The van der Waals surface area contributed by atoms with E-state index in [4.69, 9.17) is 0 Å². The maximum atomic E-state index is 3.32. The number of likely N-dealkylation sites (N-methyl/N-ethyl adjacent to an activating group) is 1. The monoisotopic (exact) mass is 227 g/mol. The molecule has 3 heteroatoms. The molecule has 1 aliphatic rings. The fourth-order valence-electron chi connectivity index (χ4n) is 2.59. The highest BCUT2D eigenvalue weighted by atomic mass is 15.2. The molecule has 1 rings (SSSR count). The van der Waals surface area contributed by atoms with Crippen LogP contribution in [0.2, 0.25) is 0 Å². The summed E-state index contributed by atoms with van der Waals surface area (Å²) < 4.78 is 0. The van der Waals surface area contributed by atoms with E-state index in [9.17, 15) is 0 Å². The second-order valence-electron chi connectivity index (χ2n) is 5.30. The molecule has 16 heavy (non-hydrogen) atoms. The summed E-state index contributed by atoms with van der Waals surface area (Å²) in [4.78, 5) is 4.99. The van der Waals surface area contributed by atoms with Gasteiger partial charge in [0.1, 0.15) is 0 Å². The Bertz CT molecular complexity index is 182. The summed E-state index contributed by atoms with van der Waals surface area (Å²) in [6.45, 7) is 7.15. The van der Waals surface area contributed by atoms with E-state index in [0.717, 1.165) is 12.0 Å². The van der Waals surface area contributed by atoms with Gasteiger partial charge in [-0.05, 0) is 59.4 Å². The number of nitrogens with zero attached hydrogens (tertiary/aromatic N) is 2. The average Bonchev–Trinajstić information content (AvgIpc) is 2.21. The van der Waals surface area contributed by atoms with Crippen LogP contribution in [0, 0.1) is 5.92 Å². The summed E-state index contributed by atoms with van der Waals surface area (Å²) in [6, 6.07) is 0.840. The van der Waals surface area contributed by atoms with Gasteiger partial charge in [-0.1, -0.05) is 6.92 Å². The summed E-state index contributed by atoms with van der Waals surface area (Å²) in [6.07, 6.45) is 4.09. The van der Waals surface area contributed by atoms with E-state index in [-0.39, 0.29) is 0 Å². The molecule has 1 fully saturated rings. The molecule has 2 unspecified atom stereocenters. The molecule has 0 spiro atoms. The Kier molecular flexibility index (Phi) is 6.32. The van der Waals surface area contributed by atoms with Gasteiger partial charge in [0.05, 0.1) is 0 Å². The van der Waals surface area contributed by atoms with Crippen LogP contribution in [0.1, 0.15) is 26.2 Å². The molecule has 1 aliphatic carbocycles. The quantitative estimate of drug-likeness (QED) is 0.673. The molecule has 3 nitrogen and oxygen atoms in total. The predicted octanol–water partition coefficient (Wildman–Crippen LogP) is 1.26. The van der Waals surface area contributed by atoms with E-state index in [1.807, 2.05) is 0 Å². The van der Waals surface area contributed by atoms with Crippen LogP contribution in [0.4, 0.5) is 0 Å². The first-order valence-electron chi connectivity index (χ1n) is 6.72. The van der Waals surface area contributed by atoms with E-state index >= 15 is 0 Å². The number of hydrogen-bond acceptors (Lipinski definition) is 3. The topological polar surface area (TPSA) is 18.5 Å². The molecule has 0 aromatic carbocycles. The second-order valence-corrected chi connectivity index (χ2v) is 5.30. The molecular formula is C13H29N3. The highest BCUT2D eigenvalue weighted by Gasteiger charge is 2.34. The summed E-state index contributed by atoms with van der Waals surface area (Å²) in [5.41, 5.74) is 0. The zero-order valence-corrected chi connectivity index (χ0v) is 11.5. The second kappa shape index (κ2) is 7.25. The summed E-state index contributed by atoms with van der Waals surface area (Å²) in [7, 11) is 6.39. The van der Waals surface area contributed by atoms with E-state index in [1.165, 1.54) is 45.4 Å². The lowest BCUT2D eigenvalue weighted by Gasteiger charge is -2.45. The molecule has 0 aliphatic heterocycles. The Morgan fingerprint density at radius 2 is 1.88 bits per heavy atom. The third-order valence-electron chi connectivity index (χ3n) is 3.66. The van der Waals surface area contributed by atoms with Gasteiger partial charge in [0.25, 0.3) is 0 Å². The van der Waals surface area contributed by atoms with Crippen LogP contribution in [0.5, 0.6) is 0 Å². The van der Waals surface area contributed by atoms with Crippen molar-refractivity contribution in [3.63, 3.8) is 0 Å². The summed E-state index contributed by atoms with van der Waals surface area (Å²) in [5, 5.41) is 3.32. The van der Waals surface area contributed by atoms with Crippen LogP contribution < -0.4 is 5.32 Å². The molecule has 0 bridgehead atoms. The van der Waals surface area contributed by atoms with Gasteiger partial charge in [0.15, 0.2) is 0 Å². The van der Waals surface area contributed by atoms with Gasteiger partial charge in [0.2, 0.25) is 0 Å². The maximum absolute atomic E-state index is 3.32. The van der Waals surface area contributed by atoms with Crippen LogP contribution >= 0.6 is 0 Å². The van der Waals surface area contributed by atoms with Crippen LogP contribution in [0.25, 0.3) is 0 Å². The largest absolute Gasteiger partial charge is 0.319 e. The van der Waals surface area contributed by atoms with Gasteiger partial charge < -0.3 is 10.2 Å². The van der Waals surface area contributed by atoms with Gasteiger partial charge in [-0.2, -0.15) is 0 Å². The van der Waals surface area contributed by atoms with Gasteiger partial charge in [-0.15, -0.1) is 0 Å². The number of nitrogens with one attached hydrogen (secondary N) is 1. The van der Waals surface area contributed by atoms with Crippen molar-refractivity contribution >= 4 is 0 Å². The maximum Gasteiger partial charge on any atom is 0.0136 e. The van der Waals surface area contributed by atoms with Crippen molar-refractivity contribution in [3.8, 4) is 0 Å². The fraction of sp³-hybridized carbons (Fsp3) is 1.00. The SMILES string of the molecule is CCCN(CCN(C)C)C1CCC1CNC. The van der Waals surface area contributed by atoms with Crippen LogP contribution in [0.15, 0.2) is 0 Å². The lowest BCUT2D eigenvalue weighted by molar-refractivity contribution is 0.0576. The molecule has 0 aromatic rings. The Morgan fingerprint density at radius 3 is 2.31 bits per heavy atom. The van der Waals surface area contributed by atoms with Crippen molar-refractivity contribution in [1.29, 1.82) is 0 Å². The Hall–Kier alpha value is -0.120. The van der Waals surface area contributed by atoms with Crippen LogP contribution in [0.3, 0.4) is 0 Å². The molecule has 96 valence electrons. The van der Waals surface area contributed by atoms with Crippen LogP contribution in [-0.4, -0.2) is 63.2 Å². The minimum absolute atomic E-state index is 0.840. The molecule has 1 saturated carbocycles. The molecule has 0 heterocycles. The number of rotatable bonds is 8. The van der Waals surface area contributed by atoms with Crippen molar-refractivity contribution in [1.82, 2.24) is 15.1 Å². The van der Waals surface area contributed by atoms with Gasteiger partial charge >= 0.3 is 0 Å². The normalized spacial score (nSPS) is 25.1. The Labute approximate surface area is 101 Å². The molecule has 0 amide bonds. The van der Waals surface area contributed by atoms with E-state index in [0.29, 0.717) is 0 Å². The van der Waals surface area contributed by atoms with E-state index in [2.05, 4.69) is 43.2 Å². The summed E-state index contributed by atoms with van der Waals surface area (Å²) >= 11 is 0. The zero-order chi connectivity index (χ0) is 12.0. The van der Waals surface area contributed by atoms with Crippen LogP contribution in [-0.2, 0) is 0 Å². The summed E-state index contributed by atoms with van der Waals surface area (Å²) in [5.74, 6) is 0.888. The van der Waals surface area contributed by atoms with Gasteiger partial charge in [-0.25, -0.2) is 0 Å². The Balaban J connectivity index is 2.36. The standard InChI is InChI=1S/C13H29N3/c1-5-8-16(10-9-15(3)4)13-7-6-12(13)11-14-2/h12-14H,5-11H2,1-4H3. The van der Waals surface area contributed by atoms with E-state index in [1.54, 1.807) is 0 Å². The molecule has 0 saturated heterocycles. The predicted molar refractivity (Wildman–Crippen MR) is 70.9 cm³/mol. The minimum Gasteiger partial charge on any atom is -0.319 e. The molecular weight excluding hydrogens is 198 g/mol. The number of hydrogen-bond donors (Lipinski definition) is 1. The Morgan fingerprint density at radius 1 is 1.12 bits per heavy atom. The fourth-order valence-corrected chi connectivity index (χ4v) is 2.59. The molecule has 0 radical (unpaired) electrons.